The lowest BCUT2D eigenvalue weighted by molar-refractivity contribution is 0.452. The number of fused-ring (bicyclic) bond motifs is 1. The Balaban J connectivity index is 2.04. The molecular formula is C16H12F2N2O. The van der Waals surface area contributed by atoms with Gasteiger partial charge in [0.25, 0.3) is 0 Å². The van der Waals surface area contributed by atoms with Crippen molar-refractivity contribution in [1.82, 2.24) is 4.98 Å². The molecule has 3 aromatic rings. The van der Waals surface area contributed by atoms with E-state index in [1.165, 1.54) is 0 Å². The zero-order valence-electron chi connectivity index (χ0n) is 11.0. The number of rotatable bonds is 3. The molecule has 0 spiro atoms. The average molecular weight is 286 g/mol. The van der Waals surface area contributed by atoms with Gasteiger partial charge in [0.2, 0.25) is 5.88 Å². The van der Waals surface area contributed by atoms with Crippen LogP contribution in [0.1, 0.15) is 5.56 Å². The third-order valence-corrected chi connectivity index (χ3v) is 3.06. The van der Waals surface area contributed by atoms with E-state index in [9.17, 15) is 8.78 Å². The Morgan fingerprint density at radius 2 is 1.71 bits per heavy atom. The quantitative estimate of drug-likeness (QED) is 0.797. The highest BCUT2D eigenvalue weighted by Crippen LogP contribution is 2.26. The highest BCUT2D eigenvalue weighted by molar-refractivity contribution is 5.82. The van der Waals surface area contributed by atoms with Crippen molar-refractivity contribution >= 4 is 10.9 Å². The van der Waals surface area contributed by atoms with Gasteiger partial charge in [0.1, 0.15) is 17.4 Å². The van der Waals surface area contributed by atoms with Crippen molar-refractivity contribution in [3.8, 4) is 11.6 Å². The summed E-state index contributed by atoms with van der Waals surface area (Å²) in [7, 11) is 0. The van der Waals surface area contributed by atoms with Crippen LogP contribution in [0.2, 0.25) is 0 Å². The molecule has 0 aliphatic heterocycles. The normalized spacial score (nSPS) is 10.8. The maximum absolute atomic E-state index is 13.2. The molecule has 106 valence electrons. The minimum Gasteiger partial charge on any atom is -0.439 e. The van der Waals surface area contributed by atoms with Gasteiger partial charge in [0.15, 0.2) is 0 Å². The SMILES string of the molecule is NCc1cc(Oc2cc(F)cc(F)c2)nc2ccccc12. The number of ether oxygens (including phenoxy) is 1. The lowest BCUT2D eigenvalue weighted by Gasteiger charge is -2.09. The van der Waals surface area contributed by atoms with E-state index in [0.717, 1.165) is 29.1 Å². The van der Waals surface area contributed by atoms with Crippen LogP contribution in [-0.2, 0) is 6.54 Å². The highest BCUT2D eigenvalue weighted by Gasteiger charge is 2.08. The third-order valence-electron chi connectivity index (χ3n) is 3.06. The summed E-state index contributed by atoms with van der Waals surface area (Å²) in [6.07, 6.45) is 0. The molecular weight excluding hydrogens is 274 g/mol. The summed E-state index contributed by atoms with van der Waals surface area (Å²) in [5.74, 6) is -1.10. The fourth-order valence-corrected chi connectivity index (χ4v) is 2.15. The number of para-hydroxylation sites is 1. The van der Waals surface area contributed by atoms with Gasteiger partial charge in [-0.25, -0.2) is 13.8 Å². The van der Waals surface area contributed by atoms with Crippen LogP contribution in [0, 0.1) is 11.6 Å². The summed E-state index contributed by atoms with van der Waals surface area (Å²) in [6, 6.07) is 12.1. The van der Waals surface area contributed by atoms with E-state index < -0.39 is 11.6 Å². The number of nitrogens with two attached hydrogens (primary N) is 1. The van der Waals surface area contributed by atoms with Crippen LogP contribution in [0.4, 0.5) is 8.78 Å². The van der Waals surface area contributed by atoms with Gasteiger partial charge < -0.3 is 10.5 Å². The fraction of sp³-hybridized carbons (Fsp3) is 0.0625. The van der Waals surface area contributed by atoms with Crippen molar-refractivity contribution < 1.29 is 13.5 Å². The maximum atomic E-state index is 13.2. The highest BCUT2D eigenvalue weighted by atomic mass is 19.1. The van der Waals surface area contributed by atoms with Crippen LogP contribution in [0.3, 0.4) is 0 Å². The first-order chi connectivity index (χ1) is 10.2. The monoisotopic (exact) mass is 286 g/mol. The van der Waals surface area contributed by atoms with Crippen LogP contribution in [0.15, 0.2) is 48.5 Å². The predicted molar refractivity (Wildman–Crippen MR) is 76.1 cm³/mol. The molecule has 0 bridgehead atoms. The molecule has 1 heterocycles. The first-order valence-corrected chi connectivity index (χ1v) is 6.38. The van der Waals surface area contributed by atoms with Crippen LogP contribution in [0.25, 0.3) is 10.9 Å². The molecule has 1 aromatic heterocycles. The summed E-state index contributed by atoms with van der Waals surface area (Å²) in [5.41, 5.74) is 7.29. The van der Waals surface area contributed by atoms with Crippen molar-refractivity contribution in [1.29, 1.82) is 0 Å². The number of nitrogens with zero attached hydrogens (tertiary/aromatic N) is 1. The molecule has 0 unspecified atom stereocenters. The van der Waals surface area contributed by atoms with Crippen molar-refractivity contribution in [2.75, 3.05) is 0 Å². The molecule has 0 saturated heterocycles. The van der Waals surface area contributed by atoms with Gasteiger partial charge >= 0.3 is 0 Å². The van der Waals surface area contributed by atoms with Crippen molar-refractivity contribution in [3.63, 3.8) is 0 Å². The van der Waals surface area contributed by atoms with Crippen molar-refractivity contribution in [2.24, 2.45) is 5.73 Å². The average Bonchev–Trinajstić information content (AvgIpc) is 2.45. The van der Waals surface area contributed by atoms with E-state index in [1.54, 1.807) is 6.07 Å². The second kappa shape index (κ2) is 5.46. The minimum absolute atomic E-state index is 0.0539. The molecule has 0 saturated carbocycles. The van der Waals surface area contributed by atoms with Gasteiger partial charge in [-0.15, -0.1) is 0 Å². The van der Waals surface area contributed by atoms with Crippen molar-refractivity contribution in [3.05, 3.63) is 65.7 Å². The Hall–Kier alpha value is -2.53. The fourth-order valence-electron chi connectivity index (χ4n) is 2.15. The first kappa shape index (κ1) is 13.5. The number of pyridine rings is 1. The third kappa shape index (κ3) is 2.83. The Morgan fingerprint density at radius 3 is 2.43 bits per heavy atom. The molecule has 2 N–H and O–H groups in total. The summed E-state index contributed by atoms with van der Waals surface area (Å²) in [4.78, 5) is 4.32. The molecule has 0 fully saturated rings. The molecule has 21 heavy (non-hydrogen) atoms. The molecule has 2 aromatic carbocycles. The second-order valence-electron chi connectivity index (χ2n) is 4.55. The van der Waals surface area contributed by atoms with Crippen LogP contribution in [0.5, 0.6) is 11.6 Å². The van der Waals surface area contributed by atoms with Gasteiger partial charge in [-0.3, -0.25) is 0 Å². The lowest BCUT2D eigenvalue weighted by atomic mass is 10.1. The largest absolute Gasteiger partial charge is 0.439 e. The Bertz CT molecular complexity index is 785. The van der Waals surface area contributed by atoms with Gasteiger partial charge in [0, 0.05) is 36.2 Å². The Kier molecular flexibility index (Phi) is 3.50. The standard InChI is InChI=1S/C16H12F2N2O/c17-11-6-12(18)8-13(7-11)21-16-5-10(9-19)14-3-1-2-4-15(14)20-16/h1-8H,9,19H2. The van der Waals surface area contributed by atoms with Crippen LogP contribution >= 0.6 is 0 Å². The maximum Gasteiger partial charge on any atom is 0.220 e. The molecule has 0 atom stereocenters. The van der Waals surface area contributed by atoms with E-state index in [1.807, 2.05) is 24.3 Å². The van der Waals surface area contributed by atoms with Gasteiger partial charge in [-0.2, -0.15) is 0 Å². The Morgan fingerprint density at radius 1 is 1.00 bits per heavy atom. The second-order valence-corrected chi connectivity index (χ2v) is 4.55. The smallest absolute Gasteiger partial charge is 0.220 e. The topological polar surface area (TPSA) is 48.1 Å². The van der Waals surface area contributed by atoms with Crippen LogP contribution in [-0.4, -0.2) is 4.98 Å². The molecule has 0 aliphatic rings. The molecule has 0 radical (unpaired) electrons. The molecule has 5 heteroatoms. The van der Waals surface area contributed by atoms with E-state index >= 15 is 0 Å². The predicted octanol–water partition coefficient (Wildman–Crippen LogP) is 3.76. The summed E-state index contributed by atoms with van der Waals surface area (Å²) in [6.45, 7) is 0.316. The zero-order chi connectivity index (χ0) is 14.8. The number of aromatic nitrogens is 1. The molecule has 3 rings (SSSR count). The minimum atomic E-state index is -0.704. The zero-order valence-corrected chi connectivity index (χ0v) is 11.0. The Labute approximate surface area is 120 Å². The number of hydrogen-bond donors (Lipinski definition) is 1. The summed E-state index contributed by atoms with van der Waals surface area (Å²) >= 11 is 0. The van der Waals surface area contributed by atoms with E-state index in [4.69, 9.17) is 10.5 Å². The summed E-state index contributed by atoms with van der Waals surface area (Å²) in [5, 5.41) is 0.928. The van der Waals surface area contributed by atoms with Gasteiger partial charge in [0.05, 0.1) is 5.52 Å². The van der Waals surface area contributed by atoms with Gasteiger partial charge in [-0.05, 0) is 11.6 Å². The number of hydrogen-bond acceptors (Lipinski definition) is 3. The van der Waals surface area contributed by atoms with E-state index in [-0.39, 0.29) is 11.6 Å². The molecule has 0 aliphatic carbocycles. The van der Waals surface area contributed by atoms with E-state index in [2.05, 4.69) is 4.98 Å². The molecule has 0 amide bonds. The van der Waals surface area contributed by atoms with E-state index in [0.29, 0.717) is 12.1 Å². The van der Waals surface area contributed by atoms with Crippen LogP contribution < -0.4 is 10.5 Å². The van der Waals surface area contributed by atoms with Gasteiger partial charge in [-0.1, -0.05) is 18.2 Å². The molecule has 3 nitrogen and oxygen atoms in total. The lowest BCUT2D eigenvalue weighted by Crippen LogP contribution is -2.00. The number of halogens is 2. The van der Waals surface area contributed by atoms with Crippen molar-refractivity contribution in [2.45, 2.75) is 6.54 Å². The first-order valence-electron chi connectivity index (χ1n) is 6.38. The number of benzene rings is 2. The summed E-state index contributed by atoms with van der Waals surface area (Å²) < 4.78 is 31.8.